The molecule has 0 saturated heterocycles. The maximum absolute atomic E-state index is 11.3. The first-order valence-electron chi connectivity index (χ1n) is 4.64. The predicted molar refractivity (Wildman–Crippen MR) is 53.0 cm³/mol. The first-order valence-corrected chi connectivity index (χ1v) is 5.46. The molecule has 13 heavy (non-hydrogen) atoms. The summed E-state index contributed by atoms with van der Waals surface area (Å²) in [4.78, 5) is 12.7. The minimum Gasteiger partial charge on any atom is -0.468 e. The second kappa shape index (κ2) is 3.74. The minimum atomic E-state index is -0.139. The van der Waals surface area contributed by atoms with E-state index in [-0.39, 0.29) is 5.97 Å². The van der Waals surface area contributed by atoms with E-state index in [1.165, 1.54) is 43.3 Å². The van der Waals surface area contributed by atoms with Crippen LogP contribution in [0.5, 0.6) is 0 Å². The van der Waals surface area contributed by atoms with Gasteiger partial charge in [0, 0.05) is 0 Å². The molecule has 2 aliphatic rings. The number of thioether (sulfide) groups is 1. The molecule has 1 aliphatic heterocycles. The van der Waals surface area contributed by atoms with Crippen LogP contribution in [0.25, 0.3) is 0 Å². The molecular formula is C10H13O2S. The number of rotatable bonds is 1. The zero-order valence-corrected chi connectivity index (χ0v) is 8.58. The standard InChI is InChI=1S/C10H13O2S/c1-12-10(11)9-6-7-4-2-3-5-8(7)13-9/h2-6H2,1H3. The van der Waals surface area contributed by atoms with Crippen molar-refractivity contribution < 1.29 is 9.53 Å². The van der Waals surface area contributed by atoms with E-state index < -0.39 is 0 Å². The summed E-state index contributed by atoms with van der Waals surface area (Å²) in [6.07, 6.45) is 5.77. The normalized spacial score (nSPS) is 23.2. The Bertz CT molecular complexity index is 240. The van der Waals surface area contributed by atoms with Gasteiger partial charge >= 0.3 is 5.97 Å². The van der Waals surface area contributed by atoms with Crippen molar-refractivity contribution >= 4 is 17.7 Å². The molecule has 0 atom stereocenters. The molecule has 0 aromatic rings. The van der Waals surface area contributed by atoms with Gasteiger partial charge in [-0.2, -0.15) is 0 Å². The van der Waals surface area contributed by atoms with Gasteiger partial charge < -0.3 is 4.74 Å². The quantitative estimate of drug-likeness (QED) is 0.604. The predicted octanol–water partition coefficient (Wildman–Crippen LogP) is 2.66. The summed E-state index contributed by atoms with van der Waals surface area (Å²) in [5.41, 5.74) is 1.48. The number of hydrogen-bond acceptors (Lipinski definition) is 3. The van der Waals surface area contributed by atoms with Gasteiger partial charge in [-0.1, -0.05) is 5.57 Å². The van der Waals surface area contributed by atoms with Gasteiger partial charge in [0.2, 0.25) is 0 Å². The molecule has 0 amide bonds. The number of esters is 1. The van der Waals surface area contributed by atoms with E-state index in [1.54, 1.807) is 11.8 Å². The molecule has 71 valence electrons. The van der Waals surface area contributed by atoms with E-state index in [9.17, 15) is 4.79 Å². The maximum atomic E-state index is 11.3. The molecular weight excluding hydrogens is 184 g/mol. The Kier molecular flexibility index (Phi) is 2.63. The Balaban J connectivity index is 2.01. The SMILES string of the molecule is COC(=O)[C]1CC2=C(CCCC2)S1. The van der Waals surface area contributed by atoms with Crippen LogP contribution in [0.3, 0.4) is 0 Å². The van der Waals surface area contributed by atoms with Crippen LogP contribution in [0.15, 0.2) is 10.5 Å². The van der Waals surface area contributed by atoms with E-state index in [0.29, 0.717) is 0 Å². The van der Waals surface area contributed by atoms with Gasteiger partial charge in [0.05, 0.1) is 7.11 Å². The van der Waals surface area contributed by atoms with Gasteiger partial charge in [0.25, 0.3) is 0 Å². The fraction of sp³-hybridized carbons (Fsp3) is 0.600. The zero-order chi connectivity index (χ0) is 9.26. The Morgan fingerprint density at radius 2 is 2.15 bits per heavy atom. The molecule has 0 fully saturated rings. The lowest BCUT2D eigenvalue weighted by atomic mass is 9.96. The van der Waals surface area contributed by atoms with Gasteiger partial charge in [-0.15, -0.1) is 11.8 Å². The summed E-state index contributed by atoms with van der Waals surface area (Å²) < 4.78 is 4.72. The van der Waals surface area contributed by atoms with Crippen LogP contribution in [-0.4, -0.2) is 13.1 Å². The number of allylic oxidation sites excluding steroid dienone is 2. The Morgan fingerprint density at radius 1 is 1.38 bits per heavy atom. The molecule has 0 unspecified atom stereocenters. The fourth-order valence-electron chi connectivity index (χ4n) is 1.86. The summed E-state index contributed by atoms with van der Waals surface area (Å²) in [5.74, 6) is -0.139. The number of ether oxygens (including phenoxy) is 1. The lowest BCUT2D eigenvalue weighted by molar-refractivity contribution is -0.137. The van der Waals surface area contributed by atoms with Gasteiger partial charge in [0.1, 0.15) is 5.25 Å². The van der Waals surface area contributed by atoms with Crippen LogP contribution >= 0.6 is 11.8 Å². The topological polar surface area (TPSA) is 26.3 Å². The van der Waals surface area contributed by atoms with E-state index in [2.05, 4.69) is 0 Å². The molecule has 0 spiro atoms. The van der Waals surface area contributed by atoms with Crippen LogP contribution in [0, 0.1) is 5.25 Å². The van der Waals surface area contributed by atoms with Crippen LogP contribution < -0.4 is 0 Å². The molecule has 2 nitrogen and oxygen atoms in total. The molecule has 2 rings (SSSR count). The molecule has 0 saturated carbocycles. The van der Waals surface area contributed by atoms with Crippen molar-refractivity contribution in [3.05, 3.63) is 15.7 Å². The van der Waals surface area contributed by atoms with E-state index in [1.807, 2.05) is 0 Å². The molecule has 1 radical (unpaired) electrons. The van der Waals surface area contributed by atoms with Crippen molar-refractivity contribution in [1.82, 2.24) is 0 Å². The van der Waals surface area contributed by atoms with Crippen LogP contribution in [0.2, 0.25) is 0 Å². The third-order valence-electron chi connectivity index (χ3n) is 2.56. The highest BCUT2D eigenvalue weighted by atomic mass is 32.2. The van der Waals surface area contributed by atoms with Crippen molar-refractivity contribution in [2.75, 3.05) is 7.11 Å². The molecule has 0 bridgehead atoms. The zero-order valence-electron chi connectivity index (χ0n) is 7.76. The second-order valence-electron chi connectivity index (χ2n) is 3.43. The van der Waals surface area contributed by atoms with E-state index >= 15 is 0 Å². The van der Waals surface area contributed by atoms with Crippen LogP contribution in [0.4, 0.5) is 0 Å². The minimum absolute atomic E-state index is 0.139. The van der Waals surface area contributed by atoms with Gasteiger partial charge in [0.15, 0.2) is 0 Å². The molecule has 0 aromatic carbocycles. The lowest BCUT2D eigenvalue weighted by Crippen LogP contribution is -2.08. The highest BCUT2D eigenvalue weighted by Gasteiger charge is 2.32. The first kappa shape index (κ1) is 9.13. The molecule has 1 aliphatic carbocycles. The summed E-state index contributed by atoms with van der Waals surface area (Å²) in [6.45, 7) is 0. The Hall–Kier alpha value is -0.440. The van der Waals surface area contributed by atoms with Crippen molar-refractivity contribution in [1.29, 1.82) is 0 Å². The van der Waals surface area contributed by atoms with E-state index in [0.717, 1.165) is 11.7 Å². The largest absolute Gasteiger partial charge is 0.468 e. The Labute approximate surface area is 82.7 Å². The number of carbonyl (C=O) groups is 1. The Morgan fingerprint density at radius 3 is 2.85 bits per heavy atom. The number of hydrogen-bond donors (Lipinski definition) is 0. The number of methoxy groups -OCH3 is 1. The molecule has 0 N–H and O–H groups in total. The van der Waals surface area contributed by atoms with Crippen molar-refractivity contribution in [2.45, 2.75) is 32.1 Å². The maximum Gasteiger partial charge on any atom is 0.324 e. The molecule has 0 aromatic heterocycles. The van der Waals surface area contributed by atoms with Crippen LogP contribution in [-0.2, 0) is 9.53 Å². The second-order valence-corrected chi connectivity index (χ2v) is 4.62. The molecule has 3 heteroatoms. The summed E-state index contributed by atoms with van der Waals surface area (Å²) in [6, 6.07) is 0. The fourth-order valence-corrected chi connectivity index (χ4v) is 3.13. The third-order valence-corrected chi connectivity index (χ3v) is 3.86. The lowest BCUT2D eigenvalue weighted by Gasteiger charge is -2.11. The summed E-state index contributed by atoms with van der Waals surface area (Å²) >= 11 is 1.65. The average molecular weight is 197 g/mol. The first-order chi connectivity index (χ1) is 6.31. The van der Waals surface area contributed by atoms with Gasteiger partial charge in [-0.25, -0.2) is 0 Å². The highest BCUT2D eigenvalue weighted by Crippen LogP contribution is 2.49. The van der Waals surface area contributed by atoms with E-state index in [4.69, 9.17) is 4.74 Å². The smallest absolute Gasteiger partial charge is 0.324 e. The van der Waals surface area contributed by atoms with Gasteiger partial charge in [-0.05, 0) is 37.0 Å². The average Bonchev–Trinajstić information content (AvgIpc) is 2.59. The van der Waals surface area contributed by atoms with Gasteiger partial charge in [-0.3, -0.25) is 4.79 Å². The molecule has 1 heterocycles. The monoisotopic (exact) mass is 197 g/mol. The highest BCUT2D eigenvalue weighted by molar-refractivity contribution is 8.06. The van der Waals surface area contributed by atoms with Crippen LogP contribution in [0.1, 0.15) is 32.1 Å². The summed E-state index contributed by atoms with van der Waals surface area (Å²) in [5, 5.41) is 0.884. The van der Waals surface area contributed by atoms with Crippen molar-refractivity contribution in [3.63, 3.8) is 0 Å². The van der Waals surface area contributed by atoms with Crippen molar-refractivity contribution in [2.24, 2.45) is 0 Å². The van der Waals surface area contributed by atoms with Crippen molar-refractivity contribution in [3.8, 4) is 0 Å². The summed E-state index contributed by atoms with van der Waals surface area (Å²) in [7, 11) is 1.45. The third kappa shape index (κ3) is 1.75. The number of carbonyl (C=O) groups excluding carboxylic acids is 1.